The van der Waals surface area contributed by atoms with E-state index in [9.17, 15) is 26.1 Å². The van der Waals surface area contributed by atoms with Crippen molar-refractivity contribution in [2.45, 2.75) is 39.2 Å². The van der Waals surface area contributed by atoms with Crippen molar-refractivity contribution >= 4 is 6.98 Å². The van der Waals surface area contributed by atoms with Crippen LogP contribution in [0.3, 0.4) is 0 Å². The van der Waals surface area contributed by atoms with Crippen LogP contribution in [0.4, 0.5) is 26.1 Å². The predicted octanol–water partition coefficient (Wildman–Crippen LogP) is 3.94. The number of quaternary nitrogens is 1. The van der Waals surface area contributed by atoms with E-state index in [1.54, 1.807) is 0 Å². The topological polar surface area (TPSA) is 9.23 Å². The highest BCUT2D eigenvalue weighted by molar-refractivity contribution is 6.60. The van der Waals surface area contributed by atoms with Crippen LogP contribution in [0, 0.1) is 0 Å². The van der Waals surface area contributed by atoms with Crippen molar-refractivity contribution in [1.82, 2.24) is 0 Å². The summed E-state index contributed by atoms with van der Waals surface area (Å²) in [6.45, 7) is 3.51. The molecule has 0 N–H and O–H groups in total. The number of nitrogens with zero attached hydrogens (tertiary/aromatic N) is 1. The molecule has 0 amide bonds. The lowest BCUT2D eigenvalue weighted by Gasteiger charge is -2.33. The first-order valence-electron chi connectivity index (χ1n) is 6.77. The average molecular weight is 309 g/mol. The van der Waals surface area contributed by atoms with Crippen molar-refractivity contribution in [3.63, 3.8) is 0 Å². The van der Waals surface area contributed by atoms with E-state index in [-0.39, 0.29) is 0 Å². The molecule has 1 aliphatic rings. The third kappa shape index (κ3) is 6.83. The Balaban J connectivity index is 0.000000396. The van der Waals surface area contributed by atoms with Crippen molar-refractivity contribution < 1.29 is 35.3 Å². The molecule has 1 heterocycles. The molecule has 122 valence electrons. The van der Waals surface area contributed by atoms with Gasteiger partial charge in [-0.3, -0.25) is 0 Å². The van der Waals surface area contributed by atoms with E-state index in [0.717, 1.165) is 13.3 Å². The van der Waals surface area contributed by atoms with Gasteiger partial charge in [0.2, 0.25) is 0 Å². The van der Waals surface area contributed by atoms with Crippen LogP contribution >= 0.6 is 0 Å². The Bertz CT molecular complexity index is 251. The molecule has 0 aromatic carbocycles. The number of halogens is 6. The first-order chi connectivity index (χ1) is 9.08. The highest BCUT2D eigenvalue weighted by atomic mass is 19.4. The molecule has 1 rings (SSSR count). The maximum absolute atomic E-state index is 10.5. The lowest BCUT2D eigenvalue weighted by molar-refractivity contribution is -0.935. The van der Waals surface area contributed by atoms with Gasteiger partial charge in [0.05, 0.1) is 19.6 Å². The van der Waals surface area contributed by atoms with Gasteiger partial charge in [-0.05, 0) is 13.3 Å². The minimum atomic E-state index is -6.65. The number of ether oxygens (including phenoxy) is 1. The predicted molar refractivity (Wildman–Crippen MR) is 66.0 cm³/mol. The van der Waals surface area contributed by atoms with Crippen molar-refractivity contribution in [2.24, 2.45) is 0 Å². The zero-order valence-corrected chi connectivity index (χ0v) is 11.9. The molecular weight excluding hydrogens is 287 g/mol. The summed E-state index contributed by atoms with van der Waals surface area (Å²) < 4.78 is 69.7. The van der Waals surface area contributed by atoms with Gasteiger partial charge in [0.1, 0.15) is 0 Å². The quantitative estimate of drug-likeness (QED) is 0.425. The molecule has 1 aliphatic heterocycles. The maximum atomic E-state index is 10.5. The van der Waals surface area contributed by atoms with Gasteiger partial charge in [0.15, 0.2) is 6.73 Å². The van der Waals surface area contributed by atoms with Gasteiger partial charge < -0.3 is 22.2 Å². The Labute approximate surface area is 115 Å². The molecule has 0 radical (unpaired) electrons. The Morgan fingerprint density at radius 2 is 1.50 bits per heavy atom. The molecule has 0 aromatic heterocycles. The van der Waals surface area contributed by atoms with Crippen molar-refractivity contribution in [2.75, 3.05) is 33.0 Å². The van der Waals surface area contributed by atoms with Crippen LogP contribution in [-0.4, -0.2) is 50.5 Å². The number of likely N-dealkylation sites (tertiary alicyclic amines) is 1. The second-order valence-corrected chi connectivity index (χ2v) is 4.96. The average Bonchev–Trinajstić information content (AvgIpc) is 2.74. The molecule has 9 heteroatoms. The number of rotatable bonds is 5. The summed E-state index contributed by atoms with van der Waals surface area (Å²) in [7, 11) is 0. The van der Waals surface area contributed by atoms with E-state index < -0.39 is 13.1 Å². The molecule has 20 heavy (non-hydrogen) atoms. The SMILES string of the molecule is CCC[N+]1(COCC)CCCC1.F[B-](F)(F)C(F)(F)F. The smallest absolute Gasteiger partial charge is 0.443 e. The van der Waals surface area contributed by atoms with Crippen molar-refractivity contribution in [3.05, 3.63) is 0 Å². The minimum absolute atomic E-state index is 0.865. The van der Waals surface area contributed by atoms with Gasteiger partial charge in [-0.15, -0.1) is 0 Å². The number of hydrogen-bond acceptors (Lipinski definition) is 1. The molecular formula is C11H22BF6NO. The molecule has 1 fully saturated rings. The third-order valence-electron chi connectivity index (χ3n) is 3.15. The van der Waals surface area contributed by atoms with Gasteiger partial charge in [-0.25, -0.2) is 13.2 Å². The van der Waals surface area contributed by atoms with Gasteiger partial charge in [0, 0.05) is 19.4 Å². The van der Waals surface area contributed by atoms with Gasteiger partial charge in [-0.2, -0.15) is 0 Å². The molecule has 0 saturated carbocycles. The van der Waals surface area contributed by atoms with Crippen LogP contribution in [-0.2, 0) is 4.74 Å². The second kappa shape index (κ2) is 8.12. The molecule has 0 atom stereocenters. The Morgan fingerprint density at radius 1 is 1.05 bits per heavy atom. The summed E-state index contributed by atoms with van der Waals surface area (Å²) >= 11 is 0. The number of alkyl halides is 3. The fourth-order valence-electron chi connectivity index (χ4n) is 2.18. The zero-order valence-electron chi connectivity index (χ0n) is 11.9. The van der Waals surface area contributed by atoms with Crippen LogP contribution in [0.15, 0.2) is 0 Å². The summed E-state index contributed by atoms with van der Waals surface area (Å²) in [5.41, 5.74) is 0. The van der Waals surface area contributed by atoms with Crippen LogP contribution in [0.5, 0.6) is 0 Å². The lowest BCUT2D eigenvalue weighted by Crippen LogP contribution is -2.47. The maximum Gasteiger partial charge on any atom is 0.583 e. The third-order valence-corrected chi connectivity index (χ3v) is 3.15. The molecule has 0 spiro atoms. The van der Waals surface area contributed by atoms with Gasteiger partial charge in [-0.1, -0.05) is 6.92 Å². The van der Waals surface area contributed by atoms with Crippen molar-refractivity contribution in [1.29, 1.82) is 0 Å². The highest BCUT2D eigenvalue weighted by Gasteiger charge is 2.53. The monoisotopic (exact) mass is 309 g/mol. The lowest BCUT2D eigenvalue weighted by atomic mass is 9.92. The van der Waals surface area contributed by atoms with Crippen molar-refractivity contribution in [3.8, 4) is 0 Å². The van der Waals surface area contributed by atoms with E-state index in [1.807, 2.05) is 0 Å². The molecule has 0 aromatic rings. The number of hydrogen-bond donors (Lipinski definition) is 0. The zero-order chi connectivity index (χ0) is 15.9. The Kier molecular flexibility index (Phi) is 7.94. The van der Waals surface area contributed by atoms with Gasteiger partial charge >= 0.3 is 13.1 Å². The summed E-state index contributed by atoms with van der Waals surface area (Å²) in [5.74, 6) is 0. The fourth-order valence-corrected chi connectivity index (χ4v) is 2.18. The normalized spacial score (nSPS) is 18.6. The van der Waals surface area contributed by atoms with E-state index in [2.05, 4.69) is 13.8 Å². The van der Waals surface area contributed by atoms with Gasteiger partial charge in [0.25, 0.3) is 0 Å². The minimum Gasteiger partial charge on any atom is -0.443 e. The fraction of sp³-hybridized carbons (Fsp3) is 1.00. The largest absolute Gasteiger partial charge is 0.583 e. The van der Waals surface area contributed by atoms with E-state index in [0.29, 0.717) is 0 Å². The standard InChI is InChI=1S/C10H22NO.CBF6/c1-3-7-11(10-12-4-2)8-5-6-9-11;3-1(4,5)2(6,7)8/h3-10H2,1-2H3;/q+1;-1. The molecule has 0 unspecified atom stereocenters. The first-order valence-corrected chi connectivity index (χ1v) is 6.77. The molecule has 0 bridgehead atoms. The van der Waals surface area contributed by atoms with Crippen LogP contribution in [0.25, 0.3) is 0 Å². The summed E-state index contributed by atoms with van der Waals surface area (Å²) in [6.07, 6.45) is -1.92. The summed E-state index contributed by atoms with van der Waals surface area (Å²) in [6, 6.07) is 0. The Morgan fingerprint density at radius 3 is 1.80 bits per heavy atom. The molecule has 2 nitrogen and oxygen atoms in total. The highest BCUT2D eigenvalue weighted by Crippen LogP contribution is 2.31. The Hall–Kier alpha value is -0.435. The second-order valence-electron chi connectivity index (χ2n) is 4.96. The van der Waals surface area contributed by atoms with E-state index >= 15 is 0 Å². The first kappa shape index (κ1) is 19.6. The molecule has 1 saturated heterocycles. The summed E-state index contributed by atoms with van der Waals surface area (Å²) in [4.78, 5) is 0. The van der Waals surface area contributed by atoms with Crippen LogP contribution in [0.1, 0.15) is 33.1 Å². The van der Waals surface area contributed by atoms with Crippen LogP contribution < -0.4 is 0 Å². The molecule has 0 aliphatic carbocycles. The van der Waals surface area contributed by atoms with E-state index in [1.165, 1.54) is 43.4 Å². The van der Waals surface area contributed by atoms with Crippen LogP contribution in [0.2, 0.25) is 0 Å². The van der Waals surface area contributed by atoms with E-state index in [4.69, 9.17) is 4.74 Å². The summed E-state index contributed by atoms with van der Waals surface area (Å²) in [5, 5.41) is 0.